The Labute approximate surface area is 223 Å². The number of fused-ring (bicyclic) bond motifs is 1. The summed E-state index contributed by atoms with van der Waals surface area (Å²) in [4.78, 5) is 65.4. The Bertz CT molecular complexity index is 1390. The largest absolute Gasteiger partial charge is 0.459 e. The Morgan fingerprint density at radius 3 is 1.79 bits per heavy atom. The third-order valence-corrected chi connectivity index (χ3v) is 6.34. The number of benzene rings is 3. The summed E-state index contributed by atoms with van der Waals surface area (Å²) in [5.41, 5.74) is 0.786. The van der Waals surface area contributed by atoms with E-state index >= 15 is 0 Å². The highest BCUT2D eigenvalue weighted by Crippen LogP contribution is 2.35. The highest BCUT2D eigenvalue weighted by atomic mass is 16.7. The van der Waals surface area contributed by atoms with Gasteiger partial charge in [-0.15, -0.1) is 0 Å². The van der Waals surface area contributed by atoms with E-state index in [1.165, 1.54) is 24.3 Å². The summed E-state index contributed by atoms with van der Waals surface area (Å²) >= 11 is 0. The summed E-state index contributed by atoms with van der Waals surface area (Å²) in [7, 11) is 0. The molecule has 2 aliphatic heterocycles. The lowest BCUT2D eigenvalue weighted by Gasteiger charge is -2.30. The summed E-state index contributed by atoms with van der Waals surface area (Å²) in [6, 6.07) is 21.2. The van der Waals surface area contributed by atoms with Gasteiger partial charge >= 0.3 is 17.9 Å². The number of rotatable bonds is 7. The van der Waals surface area contributed by atoms with Crippen molar-refractivity contribution in [2.45, 2.75) is 31.5 Å². The second-order valence-electron chi connectivity index (χ2n) is 8.87. The molecule has 0 bridgehead atoms. The third-order valence-electron chi connectivity index (χ3n) is 6.34. The van der Waals surface area contributed by atoms with Crippen LogP contribution in [0.25, 0.3) is 0 Å². The Balaban J connectivity index is 1.49. The van der Waals surface area contributed by atoms with Crippen LogP contribution in [0.4, 0.5) is 0 Å². The molecule has 5 rings (SSSR count). The van der Waals surface area contributed by atoms with Crippen LogP contribution in [0.1, 0.15) is 48.4 Å². The summed E-state index contributed by atoms with van der Waals surface area (Å²) < 4.78 is 22.3. The molecular weight excluding hydrogens is 506 g/mol. The van der Waals surface area contributed by atoms with Crippen molar-refractivity contribution in [3.8, 4) is 0 Å². The van der Waals surface area contributed by atoms with Crippen LogP contribution in [-0.4, -0.2) is 65.8 Å². The van der Waals surface area contributed by atoms with Crippen LogP contribution < -0.4 is 0 Å². The number of imide groups is 1. The Kier molecular flexibility index (Phi) is 7.20. The van der Waals surface area contributed by atoms with Crippen molar-refractivity contribution >= 4 is 29.7 Å². The van der Waals surface area contributed by atoms with Crippen molar-refractivity contribution in [2.24, 2.45) is 0 Å². The van der Waals surface area contributed by atoms with E-state index < -0.39 is 60.9 Å². The van der Waals surface area contributed by atoms with E-state index in [-0.39, 0.29) is 22.3 Å². The van der Waals surface area contributed by atoms with Crippen molar-refractivity contribution in [3.63, 3.8) is 0 Å². The molecule has 4 atom stereocenters. The zero-order chi connectivity index (χ0) is 27.5. The Morgan fingerprint density at radius 1 is 0.744 bits per heavy atom. The molecule has 0 spiro atoms. The van der Waals surface area contributed by atoms with Crippen LogP contribution in [0.15, 0.2) is 84.9 Å². The molecule has 10 nitrogen and oxygen atoms in total. The topological polar surface area (TPSA) is 126 Å². The van der Waals surface area contributed by atoms with E-state index in [0.29, 0.717) is 0 Å². The lowest BCUT2D eigenvalue weighted by atomic mass is 10.1. The second kappa shape index (κ2) is 10.9. The number of hydrogen-bond acceptors (Lipinski definition) is 9. The van der Waals surface area contributed by atoms with E-state index in [0.717, 1.165) is 11.8 Å². The smallest absolute Gasteiger partial charge is 0.338 e. The minimum atomic E-state index is -1.48. The zero-order valence-corrected chi connectivity index (χ0v) is 20.7. The first-order chi connectivity index (χ1) is 18.8. The molecule has 0 N–H and O–H groups in total. The summed E-state index contributed by atoms with van der Waals surface area (Å²) in [5, 5.41) is 0. The van der Waals surface area contributed by atoms with Gasteiger partial charge in [0.1, 0.15) is 18.8 Å². The fourth-order valence-corrected chi connectivity index (χ4v) is 4.60. The molecule has 0 saturated carbocycles. The zero-order valence-electron chi connectivity index (χ0n) is 20.7. The summed E-state index contributed by atoms with van der Waals surface area (Å²) in [6.45, 7) is 0.710. The van der Waals surface area contributed by atoms with Crippen molar-refractivity contribution in [1.82, 2.24) is 4.90 Å². The van der Waals surface area contributed by atoms with E-state index in [1.54, 1.807) is 60.7 Å². The number of carbonyl (C=O) groups is 5. The van der Waals surface area contributed by atoms with Crippen molar-refractivity contribution in [2.75, 3.05) is 6.61 Å². The van der Waals surface area contributed by atoms with Gasteiger partial charge in [-0.3, -0.25) is 19.3 Å². The first-order valence-corrected chi connectivity index (χ1v) is 12.1. The maximum atomic E-state index is 13.4. The molecule has 1 unspecified atom stereocenters. The monoisotopic (exact) mass is 529 g/mol. The quantitative estimate of drug-likeness (QED) is 0.258. The van der Waals surface area contributed by atoms with Crippen LogP contribution in [-0.2, 0) is 23.7 Å². The number of esters is 3. The molecule has 2 aliphatic rings. The van der Waals surface area contributed by atoms with E-state index in [2.05, 4.69) is 0 Å². The lowest BCUT2D eigenvalue weighted by molar-refractivity contribution is -0.187. The molecule has 0 aromatic heterocycles. The molecule has 2 amide bonds. The number of carbonyl (C=O) groups excluding carboxylic acids is 5. The first kappa shape index (κ1) is 25.8. The standard InChI is InChI=1S/C29H23NO9/c1-17(31)37-29-24(39-28(35)19-12-6-3-7-13-19)23(30-25(32)20-14-8-9-15-21(20)26(30)33)22(38-29)16-36-27(34)18-10-4-2-5-11-18/h2-15,22-24,29H,16H2,1H3/t22-,23+,24?,29-/m1/s1. The molecule has 1 saturated heterocycles. The van der Waals surface area contributed by atoms with Gasteiger partial charge in [0.05, 0.1) is 22.3 Å². The highest BCUT2D eigenvalue weighted by Gasteiger charge is 2.57. The fourth-order valence-electron chi connectivity index (χ4n) is 4.60. The predicted molar refractivity (Wildman–Crippen MR) is 134 cm³/mol. The molecular formula is C29H23NO9. The first-order valence-electron chi connectivity index (χ1n) is 12.1. The molecule has 1 fully saturated rings. The van der Waals surface area contributed by atoms with Gasteiger partial charge in [-0.25, -0.2) is 9.59 Å². The van der Waals surface area contributed by atoms with Gasteiger partial charge in [0.15, 0.2) is 6.10 Å². The number of ether oxygens (including phenoxy) is 4. The predicted octanol–water partition coefficient (Wildman–Crippen LogP) is 3.02. The van der Waals surface area contributed by atoms with E-state index in [9.17, 15) is 24.0 Å². The Hall–Kier alpha value is -4.83. The molecule has 2 heterocycles. The minimum Gasteiger partial charge on any atom is -0.459 e. The van der Waals surface area contributed by atoms with E-state index in [4.69, 9.17) is 18.9 Å². The average molecular weight is 530 g/mol. The molecule has 0 aliphatic carbocycles. The molecule has 0 radical (unpaired) electrons. The van der Waals surface area contributed by atoms with Gasteiger partial charge in [-0.2, -0.15) is 0 Å². The third kappa shape index (κ3) is 5.14. The Morgan fingerprint density at radius 2 is 1.26 bits per heavy atom. The molecule has 3 aromatic rings. The number of amides is 2. The maximum Gasteiger partial charge on any atom is 0.338 e. The number of nitrogens with zero attached hydrogens (tertiary/aromatic N) is 1. The lowest BCUT2D eigenvalue weighted by Crippen LogP contribution is -2.53. The van der Waals surface area contributed by atoms with Crippen molar-refractivity contribution in [3.05, 3.63) is 107 Å². The molecule has 10 heteroatoms. The van der Waals surface area contributed by atoms with Gasteiger partial charge in [0.2, 0.25) is 6.29 Å². The number of hydrogen-bond donors (Lipinski definition) is 0. The van der Waals surface area contributed by atoms with Crippen LogP contribution in [0.2, 0.25) is 0 Å². The van der Waals surface area contributed by atoms with Crippen LogP contribution in [0.3, 0.4) is 0 Å². The molecule has 39 heavy (non-hydrogen) atoms. The minimum absolute atomic E-state index is 0.159. The maximum absolute atomic E-state index is 13.4. The SMILES string of the molecule is CC(=O)O[C@@H]1O[C@H](COC(=O)c2ccccc2)[C@H](N2C(=O)c3ccccc3C2=O)C1OC(=O)c1ccccc1. The normalized spacial score (nSPS) is 21.8. The van der Waals surface area contributed by atoms with E-state index in [1.807, 2.05) is 0 Å². The van der Waals surface area contributed by atoms with Gasteiger partial charge in [-0.1, -0.05) is 48.5 Å². The molecule has 3 aromatic carbocycles. The summed E-state index contributed by atoms with van der Waals surface area (Å²) in [6.07, 6.45) is -4.08. The van der Waals surface area contributed by atoms with Gasteiger partial charge in [0, 0.05) is 6.92 Å². The van der Waals surface area contributed by atoms with Gasteiger partial charge < -0.3 is 18.9 Å². The fraction of sp³-hybridized carbons (Fsp3) is 0.207. The summed E-state index contributed by atoms with van der Waals surface area (Å²) in [5.74, 6) is -3.50. The average Bonchev–Trinajstić information content (AvgIpc) is 3.40. The van der Waals surface area contributed by atoms with Crippen molar-refractivity contribution < 1.29 is 42.9 Å². The van der Waals surface area contributed by atoms with Crippen molar-refractivity contribution in [1.29, 1.82) is 0 Å². The van der Waals surface area contributed by atoms with Gasteiger partial charge in [0.25, 0.3) is 11.8 Å². The van der Waals surface area contributed by atoms with Crippen LogP contribution >= 0.6 is 0 Å². The van der Waals surface area contributed by atoms with Gasteiger partial charge in [-0.05, 0) is 36.4 Å². The molecule has 198 valence electrons. The van der Waals surface area contributed by atoms with Crippen LogP contribution in [0.5, 0.6) is 0 Å². The van der Waals surface area contributed by atoms with Crippen LogP contribution in [0, 0.1) is 0 Å². The second-order valence-corrected chi connectivity index (χ2v) is 8.87. The highest BCUT2D eigenvalue weighted by molar-refractivity contribution is 6.21.